The highest BCUT2D eigenvalue weighted by molar-refractivity contribution is 5.78. The molecule has 0 amide bonds. The van der Waals surface area contributed by atoms with Gasteiger partial charge in [0.1, 0.15) is 0 Å². The maximum Gasteiger partial charge on any atom is 0.204 e. The van der Waals surface area contributed by atoms with Crippen LogP contribution in [-0.2, 0) is 11.3 Å². The van der Waals surface area contributed by atoms with Crippen molar-refractivity contribution in [3.63, 3.8) is 0 Å². The summed E-state index contributed by atoms with van der Waals surface area (Å²) in [7, 11) is 0. The third-order valence-corrected chi connectivity index (χ3v) is 3.06. The first kappa shape index (κ1) is 15.8. The summed E-state index contributed by atoms with van der Waals surface area (Å²) in [6.45, 7) is 5.00. The Morgan fingerprint density at radius 2 is 2.10 bits per heavy atom. The number of hydrogen-bond acceptors (Lipinski definition) is 5. The second kappa shape index (κ2) is 7.40. The number of aliphatic hydroxyl groups excluding tert-OH is 2. The van der Waals surface area contributed by atoms with Crippen molar-refractivity contribution in [1.29, 1.82) is 0 Å². The highest BCUT2D eigenvalue weighted by Gasteiger charge is 2.14. The molecule has 0 radical (unpaired) electrons. The van der Waals surface area contributed by atoms with E-state index in [9.17, 15) is 5.11 Å². The van der Waals surface area contributed by atoms with Crippen molar-refractivity contribution >= 4 is 17.0 Å². The minimum absolute atomic E-state index is 0.0300. The highest BCUT2D eigenvalue weighted by Crippen LogP contribution is 2.20. The second-order valence-electron chi connectivity index (χ2n) is 5.22. The van der Waals surface area contributed by atoms with Gasteiger partial charge in [-0.3, -0.25) is 0 Å². The summed E-state index contributed by atoms with van der Waals surface area (Å²) in [4.78, 5) is 4.49. The molecule has 0 aliphatic heterocycles. The Morgan fingerprint density at radius 1 is 1.33 bits per heavy atom. The fraction of sp³-hybridized carbons (Fsp3) is 0.533. The van der Waals surface area contributed by atoms with Gasteiger partial charge in [0.05, 0.1) is 43.0 Å². The van der Waals surface area contributed by atoms with Crippen LogP contribution in [-0.4, -0.2) is 51.7 Å². The van der Waals surface area contributed by atoms with E-state index in [4.69, 9.17) is 9.84 Å². The molecule has 0 fully saturated rings. The number of hydrogen-bond donors (Lipinski definition) is 3. The topological polar surface area (TPSA) is 79.5 Å². The fourth-order valence-corrected chi connectivity index (χ4v) is 2.13. The lowest BCUT2D eigenvalue weighted by Crippen LogP contribution is -2.25. The number of benzene rings is 1. The number of nitrogens with zero attached hydrogens (tertiary/aromatic N) is 2. The van der Waals surface area contributed by atoms with E-state index in [1.165, 1.54) is 0 Å². The molecule has 0 saturated carbocycles. The molecule has 21 heavy (non-hydrogen) atoms. The second-order valence-corrected chi connectivity index (χ2v) is 5.22. The van der Waals surface area contributed by atoms with Gasteiger partial charge in [0, 0.05) is 6.54 Å². The maximum absolute atomic E-state index is 10.1. The molecule has 0 aliphatic carbocycles. The minimum atomic E-state index is -0.611. The van der Waals surface area contributed by atoms with Crippen LogP contribution >= 0.6 is 0 Å². The van der Waals surface area contributed by atoms with Crippen LogP contribution in [0.2, 0.25) is 0 Å². The maximum atomic E-state index is 10.1. The van der Waals surface area contributed by atoms with Crippen molar-refractivity contribution in [2.24, 2.45) is 0 Å². The molecule has 1 unspecified atom stereocenters. The van der Waals surface area contributed by atoms with Gasteiger partial charge in [-0.1, -0.05) is 12.1 Å². The Kier molecular flexibility index (Phi) is 5.55. The van der Waals surface area contributed by atoms with Crippen LogP contribution in [0.15, 0.2) is 24.3 Å². The first-order valence-electron chi connectivity index (χ1n) is 7.21. The van der Waals surface area contributed by atoms with Crippen LogP contribution in [0.5, 0.6) is 0 Å². The summed E-state index contributed by atoms with van der Waals surface area (Å²) in [6.07, 6.45) is -0.522. The van der Waals surface area contributed by atoms with Crippen molar-refractivity contribution in [1.82, 2.24) is 9.55 Å². The quantitative estimate of drug-likeness (QED) is 0.682. The van der Waals surface area contributed by atoms with Gasteiger partial charge < -0.3 is 24.8 Å². The monoisotopic (exact) mass is 293 g/mol. The van der Waals surface area contributed by atoms with E-state index < -0.39 is 6.10 Å². The average molecular weight is 293 g/mol. The highest BCUT2D eigenvalue weighted by atomic mass is 16.5. The molecule has 1 heterocycles. The molecule has 1 aromatic heterocycles. The van der Waals surface area contributed by atoms with Crippen molar-refractivity contribution in [3.05, 3.63) is 24.3 Å². The molecule has 0 bridgehead atoms. The number of aromatic nitrogens is 2. The lowest BCUT2D eigenvalue weighted by molar-refractivity contribution is -0.0000901. The zero-order valence-corrected chi connectivity index (χ0v) is 12.5. The van der Waals surface area contributed by atoms with Crippen LogP contribution in [0.3, 0.4) is 0 Å². The molecule has 6 nitrogen and oxygen atoms in total. The van der Waals surface area contributed by atoms with Gasteiger partial charge in [0.2, 0.25) is 5.95 Å². The van der Waals surface area contributed by atoms with Crippen molar-refractivity contribution in [2.45, 2.75) is 32.6 Å². The molecule has 0 spiro atoms. The normalized spacial score (nSPS) is 13.0. The van der Waals surface area contributed by atoms with E-state index >= 15 is 0 Å². The van der Waals surface area contributed by atoms with E-state index in [2.05, 4.69) is 10.3 Å². The van der Waals surface area contributed by atoms with Crippen molar-refractivity contribution in [3.8, 4) is 0 Å². The largest absolute Gasteiger partial charge is 0.395 e. The van der Waals surface area contributed by atoms with Gasteiger partial charge in [-0.15, -0.1) is 0 Å². The van der Waals surface area contributed by atoms with Gasteiger partial charge in [0.15, 0.2) is 0 Å². The summed E-state index contributed by atoms with van der Waals surface area (Å²) >= 11 is 0. The standard InChI is InChI=1S/C15H23N3O3/c1-11(2)21-10-12(20)9-18-14-6-4-3-5-13(14)17-15(18)16-7-8-19/h3-6,11-12,19-20H,7-10H2,1-2H3,(H,16,17). The van der Waals surface area contributed by atoms with Gasteiger partial charge in [0.25, 0.3) is 0 Å². The predicted molar refractivity (Wildman–Crippen MR) is 82.4 cm³/mol. The summed E-state index contributed by atoms with van der Waals surface area (Å²) < 4.78 is 7.36. The number of imidazole rings is 1. The number of aliphatic hydroxyl groups is 2. The molecule has 1 aromatic carbocycles. The van der Waals surface area contributed by atoms with Crippen molar-refractivity contribution < 1.29 is 14.9 Å². The van der Waals surface area contributed by atoms with E-state index in [1.807, 2.05) is 42.7 Å². The predicted octanol–water partition coefficient (Wildman–Crippen LogP) is 1.23. The Balaban J connectivity index is 2.18. The summed E-state index contributed by atoms with van der Waals surface area (Å²) in [5, 5.41) is 22.2. The number of nitrogens with one attached hydrogen (secondary N) is 1. The zero-order valence-electron chi connectivity index (χ0n) is 12.5. The first-order valence-corrected chi connectivity index (χ1v) is 7.21. The SMILES string of the molecule is CC(C)OCC(O)Cn1c(NCCO)nc2ccccc21. The molecule has 3 N–H and O–H groups in total. The smallest absolute Gasteiger partial charge is 0.204 e. The molecule has 116 valence electrons. The molecule has 2 rings (SSSR count). The van der Waals surface area contributed by atoms with Crippen LogP contribution < -0.4 is 5.32 Å². The number of anilines is 1. The lowest BCUT2D eigenvalue weighted by atomic mass is 10.3. The molecular weight excluding hydrogens is 270 g/mol. The molecule has 0 saturated heterocycles. The van der Waals surface area contributed by atoms with E-state index in [1.54, 1.807) is 0 Å². The number of fused-ring (bicyclic) bond motifs is 1. The molecular formula is C15H23N3O3. The van der Waals surface area contributed by atoms with Gasteiger partial charge in [-0.2, -0.15) is 0 Å². The van der Waals surface area contributed by atoms with Gasteiger partial charge >= 0.3 is 0 Å². The lowest BCUT2D eigenvalue weighted by Gasteiger charge is -2.16. The fourth-order valence-electron chi connectivity index (χ4n) is 2.13. The van der Waals surface area contributed by atoms with Gasteiger partial charge in [-0.25, -0.2) is 4.98 Å². The molecule has 1 atom stereocenters. The number of ether oxygens (including phenoxy) is 1. The first-order chi connectivity index (χ1) is 10.1. The van der Waals surface area contributed by atoms with Crippen molar-refractivity contribution in [2.75, 3.05) is 25.1 Å². The van der Waals surface area contributed by atoms with E-state index in [0.29, 0.717) is 19.0 Å². The molecule has 6 heteroatoms. The van der Waals surface area contributed by atoms with E-state index in [-0.39, 0.29) is 19.3 Å². The third-order valence-electron chi connectivity index (χ3n) is 3.06. The Labute approximate surface area is 124 Å². The van der Waals surface area contributed by atoms with Crippen LogP contribution in [0.25, 0.3) is 11.0 Å². The number of rotatable bonds is 8. The van der Waals surface area contributed by atoms with E-state index in [0.717, 1.165) is 11.0 Å². The van der Waals surface area contributed by atoms with Crippen LogP contribution in [0, 0.1) is 0 Å². The Hall–Kier alpha value is -1.63. The zero-order chi connectivity index (χ0) is 15.2. The van der Waals surface area contributed by atoms with Crippen LogP contribution in [0.1, 0.15) is 13.8 Å². The summed E-state index contributed by atoms with van der Waals surface area (Å²) in [5.74, 6) is 0.647. The molecule has 2 aromatic rings. The summed E-state index contributed by atoms with van der Waals surface area (Å²) in [5.41, 5.74) is 1.80. The van der Waals surface area contributed by atoms with Gasteiger partial charge in [-0.05, 0) is 26.0 Å². The Morgan fingerprint density at radius 3 is 2.81 bits per heavy atom. The molecule has 0 aliphatic rings. The van der Waals surface area contributed by atoms with Crippen LogP contribution in [0.4, 0.5) is 5.95 Å². The number of para-hydroxylation sites is 2. The minimum Gasteiger partial charge on any atom is -0.395 e. The third kappa shape index (κ3) is 4.17. The summed E-state index contributed by atoms with van der Waals surface area (Å²) in [6, 6.07) is 7.75. The average Bonchev–Trinajstić information content (AvgIpc) is 2.81. The Bertz CT molecular complexity index is 568.